The molecule has 1 aliphatic carbocycles. The van der Waals surface area contributed by atoms with Crippen molar-refractivity contribution in [1.82, 2.24) is 15.5 Å². The summed E-state index contributed by atoms with van der Waals surface area (Å²) < 4.78 is 5.09. The highest BCUT2D eigenvalue weighted by Crippen LogP contribution is 2.31. The van der Waals surface area contributed by atoms with Crippen LogP contribution in [-0.4, -0.2) is 16.0 Å². The average Bonchev–Trinajstić information content (AvgIpc) is 3.27. The number of pyridine rings is 1. The fourth-order valence-electron chi connectivity index (χ4n) is 3.25. The van der Waals surface area contributed by atoms with Crippen molar-refractivity contribution in [3.05, 3.63) is 76.8 Å². The van der Waals surface area contributed by atoms with E-state index >= 15 is 0 Å². The van der Waals surface area contributed by atoms with E-state index in [1.54, 1.807) is 12.3 Å². The molecule has 4 rings (SSSR count). The monoisotopic (exact) mass is 365 g/mol. The quantitative estimate of drug-likeness (QED) is 0.690. The SMILES string of the molecule is Cc1cc(CSc2ncccc2C(=O)NC2CCc3ccccc32)no1. The van der Waals surface area contributed by atoms with Crippen LogP contribution in [0.1, 0.15) is 45.4 Å². The highest BCUT2D eigenvalue weighted by atomic mass is 32.2. The standard InChI is InChI=1S/C20H19N3O2S/c1-13-11-15(23-25-13)12-26-20-17(7-4-10-21-20)19(24)22-18-9-8-14-5-2-3-6-16(14)18/h2-7,10-11,18H,8-9,12H2,1H3,(H,22,24). The zero-order valence-corrected chi connectivity index (χ0v) is 15.3. The first-order valence-electron chi connectivity index (χ1n) is 8.59. The number of hydrogen-bond acceptors (Lipinski definition) is 5. The number of nitrogens with one attached hydrogen (secondary N) is 1. The Labute approximate surface area is 156 Å². The van der Waals surface area contributed by atoms with Crippen molar-refractivity contribution >= 4 is 17.7 Å². The first-order valence-corrected chi connectivity index (χ1v) is 9.58. The van der Waals surface area contributed by atoms with Crippen molar-refractivity contribution in [2.75, 3.05) is 0 Å². The Bertz CT molecular complexity index is 938. The second kappa shape index (κ2) is 7.33. The number of aryl methyl sites for hydroxylation is 2. The molecule has 2 aromatic heterocycles. The van der Waals surface area contributed by atoms with E-state index in [9.17, 15) is 4.79 Å². The molecule has 1 N–H and O–H groups in total. The number of rotatable bonds is 5. The van der Waals surface area contributed by atoms with E-state index in [-0.39, 0.29) is 11.9 Å². The van der Waals surface area contributed by atoms with E-state index in [0.29, 0.717) is 16.3 Å². The predicted octanol–water partition coefficient (Wildman–Crippen LogP) is 4.09. The number of carbonyl (C=O) groups is 1. The van der Waals surface area contributed by atoms with Gasteiger partial charge >= 0.3 is 0 Å². The molecule has 0 saturated heterocycles. The molecule has 1 aromatic carbocycles. The minimum absolute atomic E-state index is 0.0648. The van der Waals surface area contributed by atoms with Crippen molar-refractivity contribution in [2.45, 2.75) is 36.6 Å². The lowest BCUT2D eigenvalue weighted by molar-refractivity contribution is 0.0933. The van der Waals surface area contributed by atoms with Gasteiger partial charge in [-0.2, -0.15) is 0 Å². The fraction of sp³-hybridized carbons (Fsp3) is 0.250. The number of carbonyl (C=O) groups excluding carboxylic acids is 1. The van der Waals surface area contributed by atoms with E-state index in [2.05, 4.69) is 27.6 Å². The zero-order chi connectivity index (χ0) is 17.9. The molecule has 0 aliphatic heterocycles. The van der Waals surface area contributed by atoms with Crippen molar-refractivity contribution in [3.8, 4) is 0 Å². The van der Waals surface area contributed by atoms with Crippen LogP contribution in [-0.2, 0) is 12.2 Å². The van der Waals surface area contributed by atoms with Crippen LogP contribution in [0.4, 0.5) is 0 Å². The van der Waals surface area contributed by atoms with Crippen LogP contribution >= 0.6 is 11.8 Å². The summed E-state index contributed by atoms with van der Waals surface area (Å²) in [6.07, 6.45) is 3.64. The molecular formula is C20H19N3O2S. The van der Waals surface area contributed by atoms with Gasteiger partial charge in [0.1, 0.15) is 10.8 Å². The lowest BCUT2D eigenvalue weighted by Crippen LogP contribution is -2.27. The van der Waals surface area contributed by atoms with Gasteiger partial charge in [-0.3, -0.25) is 4.79 Å². The molecule has 26 heavy (non-hydrogen) atoms. The molecule has 132 valence electrons. The summed E-state index contributed by atoms with van der Waals surface area (Å²) in [7, 11) is 0. The van der Waals surface area contributed by atoms with Crippen LogP contribution < -0.4 is 5.32 Å². The summed E-state index contributed by atoms with van der Waals surface area (Å²) in [6.45, 7) is 1.86. The number of hydrogen-bond donors (Lipinski definition) is 1. The van der Waals surface area contributed by atoms with Gasteiger partial charge in [0.2, 0.25) is 0 Å². The molecule has 5 nitrogen and oxygen atoms in total. The largest absolute Gasteiger partial charge is 0.361 e. The lowest BCUT2D eigenvalue weighted by Gasteiger charge is -2.15. The third-order valence-corrected chi connectivity index (χ3v) is 5.53. The van der Waals surface area contributed by atoms with Crippen molar-refractivity contribution in [2.24, 2.45) is 0 Å². The minimum Gasteiger partial charge on any atom is -0.361 e. The van der Waals surface area contributed by atoms with Crippen LogP contribution in [0.3, 0.4) is 0 Å². The van der Waals surface area contributed by atoms with E-state index in [0.717, 1.165) is 24.3 Å². The normalized spacial score (nSPS) is 15.7. The second-order valence-corrected chi connectivity index (χ2v) is 7.30. The first kappa shape index (κ1) is 16.8. The molecule has 1 aliphatic rings. The van der Waals surface area contributed by atoms with Gasteiger partial charge in [-0.25, -0.2) is 4.98 Å². The summed E-state index contributed by atoms with van der Waals surface area (Å²) in [6, 6.07) is 13.9. The maximum Gasteiger partial charge on any atom is 0.254 e. The Morgan fingerprint density at radius 3 is 3.04 bits per heavy atom. The molecule has 2 heterocycles. The molecule has 1 atom stereocenters. The molecule has 1 unspecified atom stereocenters. The van der Waals surface area contributed by atoms with Crippen molar-refractivity contribution < 1.29 is 9.32 Å². The Morgan fingerprint density at radius 1 is 1.31 bits per heavy atom. The molecule has 0 radical (unpaired) electrons. The smallest absolute Gasteiger partial charge is 0.254 e. The Kier molecular flexibility index (Phi) is 4.75. The molecule has 3 aromatic rings. The minimum atomic E-state index is -0.0846. The summed E-state index contributed by atoms with van der Waals surface area (Å²) in [5.41, 5.74) is 3.98. The Hall–Kier alpha value is -2.60. The van der Waals surface area contributed by atoms with Crippen LogP contribution in [0, 0.1) is 6.92 Å². The topological polar surface area (TPSA) is 68.0 Å². The predicted molar refractivity (Wildman–Crippen MR) is 100 cm³/mol. The number of thioether (sulfide) groups is 1. The number of fused-ring (bicyclic) bond motifs is 1. The van der Waals surface area contributed by atoms with Gasteiger partial charge in [0, 0.05) is 18.0 Å². The van der Waals surface area contributed by atoms with Crippen LogP contribution in [0.25, 0.3) is 0 Å². The number of aromatic nitrogens is 2. The zero-order valence-electron chi connectivity index (χ0n) is 14.4. The van der Waals surface area contributed by atoms with Crippen LogP contribution in [0.15, 0.2) is 58.2 Å². The molecule has 0 spiro atoms. The van der Waals surface area contributed by atoms with E-state index in [1.807, 2.05) is 31.2 Å². The third-order valence-electron chi connectivity index (χ3n) is 4.49. The van der Waals surface area contributed by atoms with Gasteiger partial charge in [-0.15, -0.1) is 0 Å². The van der Waals surface area contributed by atoms with Gasteiger partial charge in [0.15, 0.2) is 0 Å². The summed E-state index contributed by atoms with van der Waals surface area (Å²) in [4.78, 5) is 17.2. The van der Waals surface area contributed by atoms with E-state index < -0.39 is 0 Å². The molecule has 1 amide bonds. The Balaban J connectivity index is 1.48. The number of benzene rings is 1. The second-order valence-electron chi connectivity index (χ2n) is 6.34. The van der Waals surface area contributed by atoms with Crippen LogP contribution in [0.2, 0.25) is 0 Å². The van der Waals surface area contributed by atoms with Crippen molar-refractivity contribution in [3.63, 3.8) is 0 Å². The third kappa shape index (κ3) is 3.51. The van der Waals surface area contributed by atoms with Gasteiger partial charge in [-0.05, 0) is 43.0 Å². The molecule has 6 heteroatoms. The highest BCUT2D eigenvalue weighted by Gasteiger charge is 2.25. The van der Waals surface area contributed by atoms with Crippen LogP contribution in [0.5, 0.6) is 0 Å². The van der Waals surface area contributed by atoms with E-state index in [4.69, 9.17) is 4.52 Å². The summed E-state index contributed by atoms with van der Waals surface area (Å²) in [5.74, 6) is 1.30. The van der Waals surface area contributed by atoms with Gasteiger partial charge < -0.3 is 9.84 Å². The Morgan fingerprint density at radius 2 is 2.19 bits per heavy atom. The van der Waals surface area contributed by atoms with Gasteiger partial charge in [0.25, 0.3) is 5.91 Å². The average molecular weight is 365 g/mol. The molecule has 0 saturated carbocycles. The van der Waals surface area contributed by atoms with Gasteiger partial charge in [-0.1, -0.05) is 41.2 Å². The maximum atomic E-state index is 12.8. The number of amides is 1. The fourth-order valence-corrected chi connectivity index (χ4v) is 4.12. The summed E-state index contributed by atoms with van der Waals surface area (Å²) >= 11 is 1.49. The van der Waals surface area contributed by atoms with Crippen molar-refractivity contribution in [1.29, 1.82) is 0 Å². The lowest BCUT2D eigenvalue weighted by atomic mass is 10.1. The first-order chi connectivity index (χ1) is 12.7. The maximum absolute atomic E-state index is 12.8. The molecular weight excluding hydrogens is 346 g/mol. The molecule has 0 bridgehead atoms. The highest BCUT2D eigenvalue weighted by molar-refractivity contribution is 7.98. The van der Waals surface area contributed by atoms with E-state index in [1.165, 1.54) is 22.9 Å². The van der Waals surface area contributed by atoms with Gasteiger partial charge in [0.05, 0.1) is 17.3 Å². The number of nitrogens with zero attached hydrogens (tertiary/aromatic N) is 2. The summed E-state index contributed by atoms with van der Waals surface area (Å²) in [5, 5.41) is 7.86. The molecule has 0 fully saturated rings.